The number of para-hydroxylation sites is 1. The molecule has 3 atom stereocenters. The van der Waals surface area contributed by atoms with Crippen molar-refractivity contribution in [3.05, 3.63) is 28.5 Å². The van der Waals surface area contributed by atoms with Crippen LogP contribution >= 0.6 is 12.2 Å². The Kier molecular flexibility index (Phi) is 2.59. The molecule has 2 aliphatic carbocycles. The number of aromatic amines is 1. The molecular formula is C18H24N2S. The Morgan fingerprint density at radius 2 is 2.05 bits per heavy atom. The number of benzene rings is 1. The topological polar surface area (TPSA) is 20.7 Å². The molecule has 1 aromatic carbocycles. The molecule has 2 bridgehead atoms. The number of aryl methyl sites for hydroxylation is 1. The van der Waals surface area contributed by atoms with E-state index in [0.717, 1.165) is 10.7 Å². The van der Waals surface area contributed by atoms with Crippen molar-refractivity contribution >= 4 is 23.3 Å². The van der Waals surface area contributed by atoms with Crippen molar-refractivity contribution in [3.8, 4) is 0 Å². The Balaban J connectivity index is 2.01. The molecule has 21 heavy (non-hydrogen) atoms. The van der Waals surface area contributed by atoms with Gasteiger partial charge >= 0.3 is 0 Å². The number of nitrogens with one attached hydrogen (secondary N) is 1. The van der Waals surface area contributed by atoms with Crippen LogP contribution in [0.1, 0.15) is 51.6 Å². The maximum Gasteiger partial charge on any atom is 0.178 e. The van der Waals surface area contributed by atoms with Gasteiger partial charge in [0, 0.05) is 6.04 Å². The molecule has 0 spiro atoms. The second kappa shape index (κ2) is 4.01. The Bertz CT molecular complexity index is 777. The maximum absolute atomic E-state index is 5.72. The van der Waals surface area contributed by atoms with Crippen molar-refractivity contribution in [2.24, 2.45) is 16.7 Å². The van der Waals surface area contributed by atoms with Crippen molar-refractivity contribution < 1.29 is 0 Å². The Hall–Kier alpha value is -1.09. The molecule has 2 aliphatic rings. The van der Waals surface area contributed by atoms with E-state index in [0.29, 0.717) is 16.9 Å². The van der Waals surface area contributed by atoms with Gasteiger partial charge in [0.1, 0.15) is 0 Å². The molecule has 2 saturated carbocycles. The van der Waals surface area contributed by atoms with Crippen molar-refractivity contribution in [3.63, 3.8) is 0 Å². The summed E-state index contributed by atoms with van der Waals surface area (Å²) in [5.74, 6) is 0.837. The number of hydrogen-bond acceptors (Lipinski definition) is 1. The molecule has 3 heteroatoms. The summed E-state index contributed by atoms with van der Waals surface area (Å²) in [7, 11) is 0. The Morgan fingerprint density at radius 3 is 2.71 bits per heavy atom. The van der Waals surface area contributed by atoms with Gasteiger partial charge < -0.3 is 9.55 Å². The van der Waals surface area contributed by atoms with Crippen molar-refractivity contribution in [2.45, 2.75) is 53.0 Å². The molecule has 1 aromatic heterocycles. The van der Waals surface area contributed by atoms with Crippen LogP contribution in [0.4, 0.5) is 0 Å². The van der Waals surface area contributed by atoms with Gasteiger partial charge in [-0.1, -0.05) is 32.9 Å². The molecule has 1 N–H and O–H groups in total. The molecule has 1 heterocycles. The standard InChI is InChI=1S/C18H24N2S/c1-11-6-5-7-13-14(11)19-16(21)20(13)15-17(2,3)12-8-9-18(15,4)10-12/h5-7,12,15H,8-10H2,1-4H3,(H,19,21). The SMILES string of the molecule is Cc1cccc2c1[nH]c(=S)n2C1C2(C)CCC(C2)C1(C)C. The fraction of sp³-hybridized carbons (Fsp3) is 0.611. The predicted molar refractivity (Wildman–Crippen MR) is 90.1 cm³/mol. The van der Waals surface area contributed by atoms with E-state index in [4.69, 9.17) is 12.2 Å². The van der Waals surface area contributed by atoms with Gasteiger partial charge in [0.2, 0.25) is 0 Å². The molecule has 112 valence electrons. The van der Waals surface area contributed by atoms with Gasteiger partial charge in [-0.15, -0.1) is 0 Å². The molecule has 0 amide bonds. The van der Waals surface area contributed by atoms with E-state index in [1.54, 1.807) is 0 Å². The molecule has 4 rings (SSSR count). The summed E-state index contributed by atoms with van der Waals surface area (Å²) < 4.78 is 3.34. The van der Waals surface area contributed by atoms with Gasteiger partial charge in [-0.05, 0) is 66.8 Å². The fourth-order valence-electron chi connectivity index (χ4n) is 5.47. The van der Waals surface area contributed by atoms with E-state index in [1.165, 1.54) is 35.9 Å². The van der Waals surface area contributed by atoms with Crippen LogP contribution < -0.4 is 0 Å². The molecule has 2 nitrogen and oxygen atoms in total. The highest BCUT2D eigenvalue weighted by atomic mass is 32.1. The smallest absolute Gasteiger partial charge is 0.178 e. The van der Waals surface area contributed by atoms with Crippen LogP contribution in [0.15, 0.2) is 18.2 Å². The van der Waals surface area contributed by atoms with Crippen LogP contribution in [0.5, 0.6) is 0 Å². The van der Waals surface area contributed by atoms with Crippen LogP contribution in [0, 0.1) is 28.4 Å². The van der Waals surface area contributed by atoms with Crippen LogP contribution in [0.2, 0.25) is 0 Å². The van der Waals surface area contributed by atoms with Gasteiger partial charge in [0.15, 0.2) is 4.77 Å². The zero-order chi connectivity index (χ0) is 15.0. The number of hydrogen-bond donors (Lipinski definition) is 1. The van der Waals surface area contributed by atoms with Crippen LogP contribution in [0.25, 0.3) is 11.0 Å². The van der Waals surface area contributed by atoms with Crippen molar-refractivity contribution in [1.82, 2.24) is 9.55 Å². The molecule has 2 fully saturated rings. The fourth-order valence-corrected chi connectivity index (χ4v) is 5.77. The molecular weight excluding hydrogens is 276 g/mol. The minimum Gasteiger partial charge on any atom is -0.330 e. The summed E-state index contributed by atoms with van der Waals surface area (Å²) in [4.78, 5) is 3.46. The summed E-state index contributed by atoms with van der Waals surface area (Å²) in [6, 6.07) is 7.04. The highest BCUT2D eigenvalue weighted by Gasteiger charge is 2.60. The van der Waals surface area contributed by atoms with E-state index in [2.05, 4.69) is 55.4 Å². The second-order valence-electron chi connectivity index (χ2n) is 8.09. The third kappa shape index (κ3) is 1.61. The summed E-state index contributed by atoms with van der Waals surface area (Å²) in [6.07, 6.45) is 4.08. The number of fused-ring (bicyclic) bond motifs is 3. The first-order valence-corrected chi connectivity index (χ1v) is 8.45. The summed E-state index contributed by atoms with van der Waals surface area (Å²) in [5, 5.41) is 0. The summed E-state index contributed by atoms with van der Waals surface area (Å²) in [6.45, 7) is 9.53. The minimum atomic E-state index is 0.324. The third-order valence-electron chi connectivity index (χ3n) is 6.41. The average Bonchev–Trinajstić information content (AvgIpc) is 2.99. The molecule has 3 unspecified atom stereocenters. The van der Waals surface area contributed by atoms with Crippen LogP contribution in [0.3, 0.4) is 0 Å². The van der Waals surface area contributed by atoms with E-state index in [9.17, 15) is 0 Å². The quantitative estimate of drug-likeness (QED) is 0.700. The van der Waals surface area contributed by atoms with Crippen molar-refractivity contribution in [1.29, 1.82) is 0 Å². The lowest BCUT2D eigenvalue weighted by atomic mass is 9.68. The van der Waals surface area contributed by atoms with Gasteiger partial charge in [-0.3, -0.25) is 0 Å². The normalized spacial score (nSPS) is 33.9. The summed E-state index contributed by atoms with van der Waals surface area (Å²) in [5.41, 5.74) is 4.50. The third-order valence-corrected chi connectivity index (χ3v) is 6.71. The molecule has 0 radical (unpaired) electrons. The van der Waals surface area contributed by atoms with E-state index < -0.39 is 0 Å². The summed E-state index contributed by atoms with van der Waals surface area (Å²) >= 11 is 5.72. The largest absolute Gasteiger partial charge is 0.330 e. The van der Waals surface area contributed by atoms with E-state index >= 15 is 0 Å². The highest BCUT2D eigenvalue weighted by Crippen LogP contribution is 2.68. The van der Waals surface area contributed by atoms with Crippen LogP contribution in [-0.2, 0) is 0 Å². The van der Waals surface area contributed by atoms with Gasteiger partial charge in [-0.25, -0.2) is 0 Å². The predicted octanol–water partition coefficient (Wildman–Crippen LogP) is 5.39. The second-order valence-corrected chi connectivity index (χ2v) is 8.47. The van der Waals surface area contributed by atoms with Crippen molar-refractivity contribution in [2.75, 3.05) is 0 Å². The first kappa shape index (κ1) is 13.6. The molecule has 0 aliphatic heterocycles. The van der Waals surface area contributed by atoms with Gasteiger partial charge in [0.05, 0.1) is 11.0 Å². The zero-order valence-electron chi connectivity index (χ0n) is 13.4. The van der Waals surface area contributed by atoms with E-state index in [-0.39, 0.29) is 0 Å². The lowest BCUT2D eigenvalue weighted by Crippen LogP contribution is -2.37. The number of aromatic nitrogens is 2. The van der Waals surface area contributed by atoms with Crippen LogP contribution in [-0.4, -0.2) is 9.55 Å². The number of nitrogens with zero attached hydrogens (tertiary/aromatic N) is 1. The average molecular weight is 300 g/mol. The first-order chi connectivity index (χ1) is 9.84. The van der Waals surface area contributed by atoms with Gasteiger partial charge in [0.25, 0.3) is 0 Å². The zero-order valence-corrected chi connectivity index (χ0v) is 14.2. The lowest BCUT2D eigenvalue weighted by molar-refractivity contribution is 0.0855. The highest BCUT2D eigenvalue weighted by molar-refractivity contribution is 7.71. The monoisotopic (exact) mass is 300 g/mol. The Labute approximate surface area is 131 Å². The first-order valence-electron chi connectivity index (χ1n) is 8.04. The number of imidazole rings is 1. The lowest BCUT2D eigenvalue weighted by Gasteiger charge is -2.43. The Morgan fingerprint density at radius 1 is 1.29 bits per heavy atom. The van der Waals surface area contributed by atoms with Gasteiger partial charge in [-0.2, -0.15) is 0 Å². The molecule has 2 aromatic rings. The number of rotatable bonds is 1. The van der Waals surface area contributed by atoms with E-state index in [1.807, 2.05) is 0 Å². The number of H-pyrrole nitrogens is 1. The minimum absolute atomic E-state index is 0.324. The molecule has 0 saturated heterocycles. The maximum atomic E-state index is 5.72.